The van der Waals surface area contributed by atoms with Crippen LogP contribution in [0.1, 0.15) is 37.1 Å². The van der Waals surface area contributed by atoms with Gasteiger partial charge in [0.25, 0.3) is 5.91 Å². The van der Waals surface area contributed by atoms with Gasteiger partial charge in [-0.3, -0.25) is 9.59 Å². The van der Waals surface area contributed by atoms with Crippen molar-refractivity contribution in [1.29, 1.82) is 0 Å². The molecule has 7 heteroatoms. The van der Waals surface area contributed by atoms with Crippen LogP contribution in [0.4, 0.5) is 11.4 Å². The maximum absolute atomic E-state index is 13.2. The van der Waals surface area contributed by atoms with E-state index in [1.165, 1.54) is 23.9 Å². The molecule has 0 saturated heterocycles. The minimum Gasteiger partial charge on any atom is -0.478 e. The number of hydrogen-bond acceptors (Lipinski definition) is 4. The van der Waals surface area contributed by atoms with Gasteiger partial charge in [-0.1, -0.05) is 48.0 Å². The molecular formula is C29H24N2O4S. The van der Waals surface area contributed by atoms with E-state index in [2.05, 4.69) is 10.6 Å². The van der Waals surface area contributed by atoms with E-state index in [1.807, 2.05) is 61.5 Å². The Labute approximate surface area is 213 Å². The number of thioether (sulfide) groups is 1. The van der Waals surface area contributed by atoms with Crippen LogP contribution >= 0.6 is 11.8 Å². The highest BCUT2D eigenvalue weighted by Crippen LogP contribution is 2.36. The molecule has 1 unspecified atom stereocenters. The van der Waals surface area contributed by atoms with E-state index >= 15 is 0 Å². The van der Waals surface area contributed by atoms with E-state index in [0.717, 1.165) is 16.0 Å². The number of carbonyl (C=O) groups is 3. The van der Waals surface area contributed by atoms with Gasteiger partial charge in [0.1, 0.15) is 5.25 Å². The Morgan fingerprint density at radius 3 is 1.86 bits per heavy atom. The van der Waals surface area contributed by atoms with Crippen LogP contribution in [-0.4, -0.2) is 22.9 Å². The Balaban J connectivity index is 1.47. The quantitative estimate of drug-likeness (QED) is 0.245. The Morgan fingerprint density at radius 1 is 0.694 bits per heavy atom. The fourth-order valence-electron chi connectivity index (χ4n) is 3.47. The van der Waals surface area contributed by atoms with Crippen molar-refractivity contribution in [2.75, 3.05) is 10.6 Å². The molecule has 0 heterocycles. The SMILES string of the molecule is Cc1ccc(C(=O)Nc2ccc(SC(C(=O)Nc3ccc(C(=O)O)cc3)c3ccccc3)cc2)cc1. The summed E-state index contributed by atoms with van der Waals surface area (Å²) in [4.78, 5) is 37.7. The highest BCUT2D eigenvalue weighted by molar-refractivity contribution is 8.00. The first-order valence-corrected chi connectivity index (χ1v) is 12.1. The molecule has 6 nitrogen and oxygen atoms in total. The summed E-state index contributed by atoms with van der Waals surface area (Å²) in [6, 6.07) is 30.1. The zero-order chi connectivity index (χ0) is 25.5. The second kappa shape index (κ2) is 11.4. The third-order valence-corrected chi connectivity index (χ3v) is 6.69. The summed E-state index contributed by atoms with van der Waals surface area (Å²) in [5.41, 5.74) is 3.82. The molecular weight excluding hydrogens is 472 g/mol. The molecule has 4 aromatic rings. The highest BCUT2D eigenvalue weighted by Gasteiger charge is 2.22. The molecule has 0 aliphatic rings. The Hall–Kier alpha value is -4.36. The molecule has 0 aromatic heterocycles. The smallest absolute Gasteiger partial charge is 0.335 e. The third kappa shape index (κ3) is 6.40. The zero-order valence-corrected chi connectivity index (χ0v) is 20.3. The summed E-state index contributed by atoms with van der Waals surface area (Å²) in [6.45, 7) is 1.97. The molecule has 180 valence electrons. The van der Waals surface area contributed by atoms with Gasteiger partial charge in [-0.15, -0.1) is 11.8 Å². The van der Waals surface area contributed by atoms with Gasteiger partial charge in [-0.05, 0) is 73.2 Å². The number of rotatable bonds is 8. The lowest BCUT2D eigenvalue weighted by Crippen LogP contribution is -2.19. The molecule has 0 radical (unpaired) electrons. The number of aryl methyl sites for hydroxylation is 1. The minimum absolute atomic E-state index is 0.150. The summed E-state index contributed by atoms with van der Waals surface area (Å²) < 4.78 is 0. The van der Waals surface area contributed by atoms with Gasteiger partial charge in [0, 0.05) is 21.8 Å². The van der Waals surface area contributed by atoms with Gasteiger partial charge < -0.3 is 15.7 Å². The van der Waals surface area contributed by atoms with Gasteiger partial charge in [0.2, 0.25) is 5.91 Å². The molecule has 4 aromatic carbocycles. The number of amides is 2. The van der Waals surface area contributed by atoms with Crippen LogP contribution in [0.3, 0.4) is 0 Å². The van der Waals surface area contributed by atoms with Crippen molar-refractivity contribution < 1.29 is 19.5 Å². The number of carboxylic acids is 1. The van der Waals surface area contributed by atoms with E-state index in [-0.39, 0.29) is 17.4 Å². The molecule has 0 saturated carbocycles. The summed E-state index contributed by atoms with van der Waals surface area (Å²) in [5.74, 6) is -1.44. The molecule has 0 spiro atoms. The molecule has 4 rings (SSSR count). The van der Waals surface area contributed by atoms with Crippen molar-refractivity contribution in [3.8, 4) is 0 Å². The van der Waals surface area contributed by atoms with Crippen molar-refractivity contribution in [3.63, 3.8) is 0 Å². The molecule has 0 aliphatic carbocycles. The number of nitrogens with one attached hydrogen (secondary N) is 2. The van der Waals surface area contributed by atoms with Crippen molar-refractivity contribution in [3.05, 3.63) is 125 Å². The summed E-state index contributed by atoms with van der Waals surface area (Å²) in [7, 11) is 0. The number of anilines is 2. The van der Waals surface area contributed by atoms with E-state index in [9.17, 15) is 14.4 Å². The molecule has 3 N–H and O–H groups in total. The largest absolute Gasteiger partial charge is 0.478 e. The van der Waals surface area contributed by atoms with Crippen molar-refractivity contribution in [1.82, 2.24) is 0 Å². The van der Waals surface area contributed by atoms with Gasteiger partial charge in [-0.2, -0.15) is 0 Å². The Morgan fingerprint density at radius 2 is 1.25 bits per heavy atom. The minimum atomic E-state index is -1.02. The molecule has 0 aliphatic heterocycles. The number of carbonyl (C=O) groups excluding carboxylic acids is 2. The van der Waals surface area contributed by atoms with Crippen LogP contribution in [0.2, 0.25) is 0 Å². The van der Waals surface area contributed by atoms with Crippen LogP contribution in [-0.2, 0) is 4.79 Å². The first-order chi connectivity index (χ1) is 17.4. The van der Waals surface area contributed by atoms with Crippen molar-refractivity contribution >= 4 is 40.9 Å². The molecule has 1 atom stereocenters. The Kier molecular flexibility index (Phi) is 7.82. The van der Waals surface area contributed by atoms with Crippen LogP contribution < -0.4 is 10.6 Å². The van der Waals surface area contributed by atoms with Crippen molar-refractivity contribution in [2.45, 2.75) is 17.1 Å². The maximum Gasteiger partial charge on any atom is 0.335 e. The predicted molar refractivity (Wildman–Crippen MR) is 143 cm³/mol. The standard InChI is InChI=1S/C29H24N2O4S/c1-19-7-9-21(10-8-19)27(32)30-24-15-17-25(18-16-24)36-26(20-5-3-2-4-6-20)28(33)31-23-13-11-22(12-14-23)29(34)35/h2-18,26H,1H3,(H,30,32)(H,31,33)(H,34,35). The lowest BCUT2D eigenvalue weighted by Gasteiger charge is -2.17. The predicted octanol–water partition coefficient (Wildman–Crippen LogP) is 6.42. The van der Waals surface area contributed by atoms with Crippen LogP contribution in [0, 0.1) is 6.92 Å². The summed E-state index contributed by atoms with van der Waals surface area (Å²) in [6.07, 6.45) is 0. The summed E-state index contributed by atoms with van der Waals surface area (Å²) >= 11 is 1.38. The van der Waals surface area contributed by atoms with E-state index < -0.39 is 11.2 Å². The Bertz CT molecular complexity index is 1350. The third-order valence-electron chi connectivity index (χ3n) is 5.42. The lowest BCUT2D eigenvalue weighted by atomic mass is 10.1. The molecule has 0 bridgehead atoms. The van der Waals surface area contributed by atoms with Crippen LogP contribution in [0.25, 0.3) is 0 Å². The van der Waals surface area contributed by atoms with Crippen LogP contribution in [0.15, 0.2) is 108 Å². The van der Waals surface area contributed by atoms with Gasteiger partial charge in [0.15, 0.2) is 0 Å². The van der Waals surface area contributed by atoms with Gasteiger partial charge in [0.05, 0.1) is 5.56 Å². The fourth-order valence-corrected chi connectivity index (χ4v) is 4.49. The molecule has 2 amide bonds. The lowest BCUT2D eigenvalue weighted by molar-refractivity contribution is -0.115. The normalized spacial score (nSPS) is 11.4. The average molecular weight is 497 g/mol. The van der Waals surface area contributed by atoms with Gasteiger partial charge in [-0.25, -0.2) is 4.79 Å². The van der Waals surface area contributed by atoms with Crippen molar-refractivity contribution in [2.24, 2.45) is 0 Å². The first-order valence-electron chi connectivity index (χ1n) is 11.2. The topological polar surface area (TPSA) is 95.5 Å². The first kappa shape index (κ1) is 24.8. The van der Waals surface area contributed by atoms with E-state index in [1.54, 1.807) is 36.4 Å². The molecule has 36 heavy (non-hydrogen) atoms. The number of benzene rings is 4. The second-order valence-corrected chi connectivity index (χ2v) is 9.30. The van der Waals surface area contributed by atoms with Gasteiger partial charge >= 0.3 is 5.97 Å². The number of carboxylic acid groups (broad SMARTS) is 1. The summed E-state index contributed by atoms with van der Waals surface area (Å²) in [5, 5.41) is 14.3. The maximum atomic E-state index is 13.2. The van der Waals surface area contributed by atoms with Crippen LogP contribution in [0.5, 0.6) is 0 Å². The average Bonchev–Trinajstić information content (AvgIpc) is 2.89. The number of aromatic carboxylic acids is 1. The molecule has 0 fully saturated rings. The number of hydrogen-bond donors (Lipinski definition) is 3. The second-order valence-electron chi connectivity index (χ2n) is 8.12. The van der Waals surface area contributed by atoms with E-state index in [4.69, 9.17) is 5.11 Å². The highest BCUT2D eigenvalue weighted by atomic mass is 32.2. The monoisotopic (exact) mass is 496 g/mol. The fraction of sp³-hybridized carbons (Fsp3) is 0.0690. The van der Waals surface area contributed by atoms with E-state index in [0.29, 0.717) is 16.9 Å². The zero-order valence-electron chi connectivity index (χ0n) is 19.5.